The summed E-state index contributed by atoms with van der Waals surface area (Å²) in [7, 11) is 0. The normalized spacial score (nSPS) is 12.7. The molecule has 5 aromatic rings. The van der Waals surface area contributed by atoms with Gasteiger partial charge in [0, 0.05) is 11.1 Å². The lowest BCUT2D eigenvalue weighted by molar-refractivity contribution is 0.834. The Morgan fingerprint density at radius 1 is 0.533 bits per heavy atom. The summed E-state index contributed by atoms with van der Waals surface area (Å²) in [6.07, 6.45) is 0. The van der Waals surface area contributed by atoms with Crippen LogP contribution in [0, 0.1) is 0 Å². The summed E-state index contributed by atoms with van der Waals surface area (Å²) in [5.41, 5.74) is 3.79. The number of hydrogen-bond donors (Lipinski definition) is 0. The highest BCUT2D eigenvalue weighted by atomic mass is 35.5. The molecule has 0 saturated carbocycles. The number of alkyl halides is 1. The smallest absolute Gasteiger partial charge is 0.168 e. The maximum absolute atomic E-state index is 6.93. The number of halogens is 1. The average molecular weight is 411 g/mol. The number of aromatic nitrogens is 6. The molecule has 1 aliphatic heterocycles. The van der Waals surface area contributed by atoms with Crippen LogP contribution in [-0.4, -0.2) is 29.5 Å². The van der Waals surface area contributed by atoms with E-state index in [9.17, 15) is 0 Å². The Morgan fingerprint density at radius 2 is 0.933 bits per heavy atom. The molecule has 0 bridgehead atoms. The second kappa shape index (κ2) is 6.64. The van der Waals surface area contributed by atoms with E-state index in [0.717, 1.165) is 34.2 Å². The quantitative estimate of drug-likeness (QED) is 0.391. The summed E-state index contributed by atoms with van der Waals surface area (Å²) in [4.78, 5) is 0. The highest BCUT2D eigenvalue weighted by Crippen LogP contribution is 2.40. The first-order chi connectivity index (χ1) is 14.8. The van der Waals surface area contributed by atoms with Gasteiger partial charge in [-0.1, -0.05) is 72.8 Å². The van der Waals surface area contributed by atoms with Crippen molar-refractivity contribution in [1.29, 1.82) is 0 Å². The third-order valence-corrected chi connectivity index (χ3v) is 5.65. The fourth-order valence-electron chi connectivity index (χ4n) is 3.90. The van der Waals surface area contributed by atoms with Crippen LogP contribution in [0.25, 0.3) is 34.2 Å². The molecule has 0 saturated heterocycles. The average Bonchev–Trinajstić information content (AvgIpc) is 3.43. The molecule has 0 radical (unpaired) electrons. The van der Waals surface area contributed by atoms with Crippen LogP contribution in [0.3, 0.4) is 0 Å². The maximum atomic E-state index is 6.93. The van der Waals surface area contributed by atoms with Crippen molar-refractivity contribution >= 4 is 11.6 Å². The second-order valence-electron chi connectivity index (χ2n) is 7.02. The molecular weight excluding hydrogens is 396 g/mol. The predicted molar refractivity (Wildman–Crippen MR) is 115 cm³/mol. The molecule has 6 nitrogen and oxygen atoms in total. The minimum Gasteiger partial charge on any atom is -0.275 e. The number of benzene rings is 3. The Labute approximate surface area is 177 Å². The van der Waals surface area contributed by atoms with Gasteiger partial charge in [0.2, 0.25) is 0 Å². The van der Waals surface area contributed by atoms with Gasteiger partial charge in [0.1, 0.15) is 0 Å². The zero-order chi connectivity index (χ0) is 20.1. The number of fused-ring (bicyclic) bond motifs is 5. The number of rotatable bonds is 2. The Morgan fingerprint density at radius 3 is 1.37 bits per heavy atom. The minimum absolute atomic E-state index is 0.604. The molecule has 0 N–H and O–H groups in total. The molecule has 0 aliphatic carbocycles. The van der Waals surface area contributed by atoms with E-state index in [4.69, 9.17) is 11.6 Å². The lowest BCUT2D eigenvalue weighted by Crippen LogP contribution is -2.05. The Hall–Kier alpha value is -3.77. The fourth-order valence-corrected chi connectivity index (χ4v) is 4.18. The van der Waals surface area contributed by atoms with Gasteiger partial charge >= 0.3 is 0 Å². The van der Waals surface area contributed by atoms with Crippen molar-refractivity contribution < 1.29 is 0 Å². The first-order valence-corrected chi connectivity index (χ1v) is 10.0. The monoisotopic (exact) mass is 410 g/mol. The van der Waals surface area contributed by atoms with Gasteiger partial charge in [-0.05, 0) is 12.1 Å². The standard InChI is InChI=1S/C23H15ClN6/c24-19-22-27-25-20(15-9-3-1-4-10-15)29(22)17-13-7-8-14-18(17)30-21(26-28-23(19)30)16-11-5-2-6-12-16/h1-14,19H. The van der Waals surface area contributed by atoms with E-state index in [1.165, 1.54) is 0 Å². The lowest BCUT2D eigenvalue weighted by atomic mass is 10.2. The first-order valence-electron chi connectivity index (χ1n) is 9.58. The van der Waals surface area contributed by atoms with E-state index in [2.05, 4.69) is 20.4 Å². The molecule has 144 valence electrons. The second-order valence-corrected chi connectivity index (χ2v) is 7.45. The van der Waals surface area contributed by atoms with E-state index in [-0.39, 0.29) is 0 Å². The lowest BCUT2D eigenvalue weighted by Gasteiger charge is -2.14. The molecule has 1 aliphatic rings. The predicted octanol–water partition coefficient (Wildman–Crippen LogP) is 4.82. The van der Waals surface area contributed by atoms with Crippen molar-refractivity contribution in [3.63, 3.8) is 0 Å². The van der Waals surface area contributed by atoms with Crippen LogP contribution < -0.4 is 0 Å². The molecule has 3 heterocycles. The third-order valence-electron chi connectivity index (χ3n) is 5.26. The molecular formula is C23H15ClN6. The molecule has 2 aromatic heterocycles. The molecule has 0 unspecified atom stereocenters. The van der Waals surface area contributed by atoms with Crippen molar-refractivity contribution in [2.75, 3.05) is 0 Å². The van der Waals surface area contributed by atoms with Gasteiger partial charge in [0.25, 0.3) is 0 Å². The van der Waals surface area contributed by atoms with Gasteiger partial charge in [-0.25, -0.2) is 0 Å². The van der Waals surface area contributed by atoms with Crippen LogP contribution in [0.4, 0.5) is 0 Å². The van der Waals surface area contributed by atoms with E-state index < -0.39 is 5.38 Å². The summed E-state index contributed by atoms with van der Waals surface area (Å²) in [6.45, 7) is 0. The number of para-hydroxylation sites is 2. The SMILES string of the molecule is ClC1c2nnc(-c3ccccc3)n2-c2ccccc2-n2c(-c3ccccc3)nnc21. The topological polar surface area (TPSA) is 61.4 Å². The van der Waals surface area contributed by atoms with Crippen molar-refractivity contribution in [1.82, 2.24) is 29.5 Å². The summed E-state index contributed by atoms with van der Waals surface area (Å²) < 4.78 is 4.04. The molecule has 7 heteroatoms. The summed E-state index contributed by atoms with van der Waals surface area (Å²) in [6, 6.07) is 28.1. The summed E-state index contributed by atoms with van der Waals surface area (Å²) in [5.74, 6) is 2.72. The van der Waals surface area contributed by atoms with Crippen LogP contribution in [-0.2, 0) is 0 Å². The van der Waals surface area contributed by atoms with Crippen molar-refractivity contribution in [3.8, 4) is 34.2 Å². The fraction of sp³-hybridized carbons (Fsp3) is 0.0435. The van der Waals surface area contributed by atoms with Crippen LogP contribution in [0.15, 0.2) is 84.9 Å². The highest BCUT2D eigenvalue weighted by molar-refractivity contribution is 6.22. The van der Waals surface area contributed by atoms with E-state index in [0.29, 0.717) is 11.6 Å². The summed E-state index contributed by atoms with van der Waals surface area (Å²) >= 11 is 6.93. The van der Waals surface area contributed by atoms with Crippen LogP contribution >= 0.6 is 11.6 Å². The van der Waals surface area contributed by atoms with E-state index in [1.807, 2.05) is 94.1 Å². The molecule has 30 heavy (non-hydrogen) atoms. The third kappa shape index (κ3) is 2.44. The maximum Gasteiger partial charge on any atom is 0.168 e. The summed E-state index contributed by atoms with van der Waals surface area (Å²) in [5, 5.41) is 17.2. The van der Waals surface area contributed by atoms with Crippen molar-refractivity contribution in [2.24, 2.45) is 0 Å². The van der Waals surface area contributed by atoms with Crippen LogP contribution in [0.2, 0.25) is 0 Å². The Kier molecular flexibility index (Phi) is 3.79. The molecule has 6 rings (SSSR count). The van der Waals surface area contributed by atoms with Gasteiger partial charge in [-0.15, -0.1) is 32.0 Å². The Balaban J connectivity index is 1.67. The molecule has 0 amide bonds. The highest BCUT2D eigenvalue weighted by Gasteiger charge is 2.33. The van der Waals surface area contributed by atoms with Crippen LogP contribution in [0.1, 0.15) is 17.0 Å². The van der Waals surface area contributed by atoms with Gasteiger partial charge in [0.05, 0.1) is 11.4 Å². The first kappa shape index (κ1) is 17.1. The molecule has 0 spiro atoms. The van der Waals surface area contributed by atoms with Crippen LogP contribution in [0.5, 0.6) is 0 Å². The molecule has 0 atom stereocenters. The van der Waals surface area contributed by atoms with Gasteiger partial charge in [0.15, 0.2) is 28.7 Å². The largest absolute Gasteiger partial charge is 0.275 e. The zero-order valence-electron chi connectivity index (χ0n) is 15.7. The molecule has 0 fully saturated rings. The van der Waals surface area contributed by atoms with Crippen molar-refractivity contribution in [2.45, 2.75) is 5.38 Å². The Bertz CT molecular complexity index is 1250. The zero-order valence-corrected chi connectivity index (χ0v) is 16.5. The minimum atomic E-state index is -0.604. The van der Waals surface area contributed by atoms with E-state index in [1.54, 1.807) is 0 Å². The van der Waals surface area contributed by atoms with Gasteiger partial charge < -0.3 is 0 Å². The van der Waals surface area contributed by atoms with Crippen molar-refractivity contribution in [3.05, 3.63) is 96.6 Å². The number of nitrogens with zero attached hydrogens (tertiary/aromatic N) is 6. The van der Waals surface area contributed by atoms with Gasteiger partial charge in [-0.3, -0.25) is 9.13 Å². The van der Waals surface area contributed by atoms with E-state index >= 15 is 0 Å². The van der Waals surface area contributed by atoms with Gasteiger partial charge in [-0.2, -0.15) is 0 Å². The molecule has 3 aromatic carbocycles. The number of hydrogen-bond acceptors (Lipinski definition) is 4.